The third-order valence-electron chi connectivity index (χ3n) is 2.53. The Labute approximate surface area is 117 Å². The van der Waals surface area contributed by atoms with Crippen molar-refractivity contribution in [1.82, 2.24) is 0 Å². The van der Waals surface area contributed by atoms with E-state index in [1.807, 2.05) is 44.2 Å². The molecule has 1 rings (SSSR count). The highest BCUT2D eigenvalue weighted by Gasteiger charge is 2.19. The van der Waals surface area contributed by atoms with Crippen LogP contribution in [0, 0.1) is 0 Å². The van der Waals surface area contributed by atoms with Gasteiger partial charge in [-0.1, -0.05) is 25.1 Å². The van der Waals surface area contributed by atoms with Crippen LogP contribution in [-0.2, 0) is 14.3 Å². The number of para-hydroxylation sites is 1. The average molecular weight is 281 g/mol. The fourth-order valence-electron chi connectivity index (χ4n) is 1.54. The van der Waals surface area contributed by atoms with Crippen LogP contribution >= 0.6 is 11.8 Å². The standard InChI is InChI=1S/C14H19NO3S/c1-10(9-13(16)18-3)19-11(2)14(17)15-12-7-5-4-6-8-12/h4-8,10-11H,9H2,1-3H3,(H,15,17). The van der Waals surface area contributed by atoms with Crippen LogP contribution in [0.3, 0.4) is 0 Å². The molecule has 0 heterocycles. The summed E-state index contributed by atoms with van der Waals surface area (Å²) in [7, 11) is 1.37. The lowest BCUT2D eigenvalue weighted by Crippen LogP contribution is -2.25. The largest absolute Gasteiger partial charge is 0.469 e. The quantitative estimate of drug-likeness (QED) is 0.815. The summed E-state index contributed by atoms with van der Waals surface area (Å²) >= 11 is 1.46. The molecule has 1 N–H and O–H groups in total. The summed E-state index contributed by atoms with van der Waals surface area (Å²) in [5.74, 6) is -0.316. The Hall–Kier alpha value is -1.49. The molecule has 2 atom stereocenters. The molecule has 0 radical (unpaired) electrons. The van der Waals surface area contributed by atoms with E-state index >= 15 is 0 Å². The van der Waals surface area contributed by atoms with E-state index in [1.165, 1.54) is 18.9 Å². The fraction of sp³-hybridized carbons (Fsp3) is 0.429. The number of anilines is 1. The summed E-state index contributed by atoms with van der Waals surface area (Å²) in [6, 6.07) is 9.31. The van der Waals surface area contributed by atoms with Gasteiger partial charge in [-0.3, -0.25) is 9.59 Å². The van der Waals surface area contributed by atoms with Gasteiger partial charge in [0.15, 0.2) is 0 Å². The van der Waals surface area contributed by atoms with Gasteiger partial charge in [-0.25, -0.2) is 0 Å². The van der Waals surface area contributed by atoms with Gasteiger partial charge in [0.2, 0.25) is 5.91 Å². The molecule has 1 aromatic rings. The number of nitrogens with one attached hydrogen (secondary N) is 1. The van der Waals surface area contributed by atoms with Crippen LogP contribution in [0.4, 0.5) is 5.69 Å². The van der Waals surface area contributed by atoms with Crippen LogP contribution < -0.4 is 5.32 Å². The number of carbonyl (C=O) groups is 2. The van der Waals surface area contributed by atoms with Gasteiger partial charge in [0.1, 0.15) is 0 Å². The van der Waals surface area contributed by atoms with Gasteiger partial charge in [-0.15, -0.1) is 11.8 Å². The van der Waals surface area contributed by atoms with Crippen LogP contribution in [0.1, 0.15) is 20.3 Å². The normalized spacial score (nSPS) is 13.4. The molecular weight excluding hydrogens is 262 g/mol. The van der Waals surface area contributed by atoms with Gasteiger partial charge in [0.05, 0.1) is 18.8 Å². The van der Waals surface area contributed by atoms with E-state index in [2.05, 4.69) is 10.1 Å². The highest BCUT2D eigenvalue weighted by atomic mass is 32.2. The van der Waals surface area contributed by atoms with Crippen LogP contribution in [-0.4, -0.2) is 29.5 Å². The van der Waals surface area contributed by atoms with Crippen LogP contribution in [0.2, 0.25) is 0 Å². The zero-order valence-corrected chi connectivity index (χ0v) is 12.2. The molecule has 2 unspecified atom stereocenters. The van der Waals surface area contributed by atoms with Gasteiger partial charge in [0.25, 0.3) is 0 Å². The van der Waals surface area contributed by atoms with Crippen LogP contribution in [0.5, 0.6) is 0 Å². The summed E-state index contributed by atoms with van der Waals surface area (Å²) in [5.41, 5.74) is 0.778. The first-order valence-corrected chi connectivity index (χ1v) is 7.05. The second-order valence-electron chi connectivity index (χ2n) is 4.22. The van der Waals surface area contributed by atoms with Gasteiger partial charge in [-0.05, 0) is 19.1 Å². The number of benzene rings is 1. The van der Waals surface area contributed by atoms with Crippen molar-refractivity contribution in [2.24, 2.45) is 0 Å². The number of esters is 1. The minimum Gasteiger partial charge on any atom is -0.469 e. The minimum atomic E-state index is -0.254. The molecule has 1 aromatic carbocycles. The van der Waals surface area contributed by atoms with Gasteiger partial charge >= 0.3 is 5.97 Å². The van der Waals surface area contributed by atoms with E-state index in [-0.39, 0.29) is 22.4 Å². The van der Waals surface area contributed by atoms with Gasteiger partial charge in [0, 0.05) is 10.9 Å². The second kappa shape index (κ2) is 7.84. The van der Waals surface area contributed by atoms with Crippen molar-refractivity contribution >= 4 is 29.3 Å². The van der Waals surface area contributed by atoms with Crippen molar-refractivity contribution < 1.29 is 14.3 Å². The van der Waals surface area contributed by atoms with Crippen LogP contribution in [0.15, 0.2) is 30.3 Å². The Morgan fingerprint density at radius 1 is 1.26 bits per heavy atom. The minimum absolute atomic E-state index is 0.0453. The maximum atomic E-state index is 12.0. The molecule has 0 saturated carbocycles. The molecule has 0 aliphatic carbocycles. The topological polar surface area (TPSA) is 55.4 Å². The van der Waals surface area contributed by atoms with E-state index in [0.29, 0.717) is 6.42 Å². The van der Waals surface area contributed by atoms with Crippen molar-refractivity contribution in [3.63, 3.8) is 0 Å². The predicted octanol–water partition coefficient (Wildman–Crippen LogP) is 2.70. The number of thioether (sulfide) groups is 1. The Bertz CT molecular complexity index is 422. The highest BCUT2D eigenvalue weighted by molar-refractivity contribution is 8.01. The molecule has 0 spiro atoms. The van der Waals surface area contributed by atoms with Gasteiger partial charge < -0.3 is 10.1 Å². The average Bonchev–Trinajstić information content (AvgIpc) is 2.39. The number of hydrogen-bond acceptors (Lipinski definition) is 4. The zero-order valence-electron chi connectivity index (χ0n) is 11.4. The molecule has 19 heavy (non-hydrogen) atoms. The smallest absolute Gasteiger partial charge is 0.306 e. The Kier molecular flexibility index (Phi) is 6.42. The molecule has 104 valence electrons. The maximum absolute atomic E-state index is 12.0. The Balaban J connectivity index is 2.42. The molecular formula is C14H19NO3S. The molecule has 0 aliphatic heterocycles. The second-order valence-corrected chi connectivity index (χ2v) is 6.01. The predicted molar refractivity (Wildman–Crippen MR) is 78.2 cm³/mol. The third-order valence-corrected chi connectivity index (χ3v) is 3.78. The number of hydrogen-bond donors (Lipinski definition) is 1. The van der Waals surface area contributed by atoms with Crippen molar-refractivity contribution in [3.8, 4) is 0 Å². The summed E-state index contributed by atoms with van der Waals surface area (Å²) < 4.78 is 4.61. The first-order chi connectivity index (χ1) is 9.02. The summed E-state index contributed by atoms with van der Waals surface area (Å²) in [6.07, 6.45) is 0.310. The molecule has 4 nitrogen and oxygen atoms in total. The number of ether oxygens (including phenoxy) is 1. The fourth-order valence-corrected chi connectivity index (χ4v) is 2.65. The molecule has 0 saturated heterocycles. The van der Waals surface area contributed by atoms with Crippen LogP contribution in [0.25, 0.3) is 0 Å². The molecule has 0 aromatic heterocycles. The Morgan fingerprint density at radius 3 is 2.47 bits per heavy atom. The van der Waals surface area contributed by atoms with Crippen molar-refractivity contribution in [2.45, 2.75) is 30.8 Å². The molecule has 5 heteroatoms. The first kappa shape index (κ1) is 15.6. The summed E-state index contributed by atoms with van der Waals surface area (Å²) in [6.45, 7) is 3.74. The lowest BCUT2D eigenvalue weighted by Gasteiger charge is -2.16. The van der Waals surface area contributed by atoms with E-state index in [9.17, 15) is 9.59 Å². The van der Waals surface area contributed by atoms with E-state index in [1.54, 1.807) is 0 Å². The Morgan fingerprint density at radius 2 is 1.89 bits per heavy atom. The van der Waals surface area contributed by atoms with Crippen molar-refractivity contribution in [2.75, 3.05) is 12.4 Å². The lowest BCUT2D eigenvalue weighted by atomic mass is 10.3. The monoisotopic (exact) mass is 281 g/mol. The number of methoxy groups -OCH3 is 1. The SMILES string of the molecule is COC(=O)CC(C)SC(C)C(=O)Nc1ccccc1. The van der Waals surface area contributed by atoms with Gasteiger partial charge in [-0.2, -0.15) is 0 Å². The van der Waals surface area contributed by atoms with E-state index in [0.717, 1.165) is 5.69 Å². The third kappa shape index (κ3) is 5.79. The highest BCUT2D eigenvalue weighted by Crippen LogP contribution is 2.21. The number of amides is 1. The number of rotatable bonds is 6. The molecule has 0 fully saturated rings. The van der Waals surface area contributed by atoms with E-state index < -0.39 is 0 Å². The summed E-state index contributed by atoms with van der Waals surface area (Å²) in [5, 5.41) is 2.66. The first-order valence-electron chi connectivity index (χ1n) is 6.11. The zero-order chi connectivity index (χ0) is 14.3. The molecule has 0 bridgehead atoms. The maximum Gasteiger partial charge on any atom is 0.306 e. The summed E-state index contributed by atoms with van der Waals surface area (Å²) in [4.78, 5) is 23.1. The molecule has 1 amide bonds. The molecule has 0 aliphatic rings. The number of carbonyl (C=O) groups excluding carboxylic acids is 2. The van der Waals surface area contributed by atoms with Crippen molar-refractivity contribution in [1.29, 1.82) is 0 Å². The van der Waals surface area contributed by atoms with E-state index in [4.69, 9.17) is 0 Å². The van der Waals surface area contributed by atoms with Crippen molar-refractivity contribution in [3.05, 3.63) is 30.3 Å². The lowest BCUT2D eigenvalue weighted by molar-refractivity contribution is -0.140.